The van der Waals surface area contributed by atoms with Crippen molar-refractivity contribution in [2.75, 3.05) is 26.9 Å². The van der Waals surface area contributed by atoms with E-state index >= 15 is 0 Å². The highest BCUT2D eigenvalue weighted by atomic mass is 16.5. The lowest BCUT2D eigenvalue weighted by atomic mass is 9.55. The van der Waals surface area contributed by atoms with E-state index in [1.54, 1.807) is 0 Å². The minimum Gasteiger partial charge on any atom is -0.469 e. The standard InChI is InChI=1S/C28H35N3O4/c1-34-25(33)27(5-7-35-8-6-27)14-21-15-31-22(3-2-4-23(31)30-21)24(32)29-17-26-11-18-9-19-10-20(13-26)28(19,12-18)16-26/h2-4,15,18-20H,5-14,16-17H2,1H3,(H,29,32). The second-order valence-corrected chi connectivity index (χ2v) is 12.4. The van der Waals surface area contributed by atoms with Crippen LogP contribution in [0, 0.1) is 34.0 Å². The van der Waals surface area contributed by atoms with E-state index in [9.17, 15) is 9.59 Å². The van der Waals surface area contributed by atoms with Gasteiger partial charge in [0.1, 0.15) is 11.3 Å². The van der Waals surface area contributed by atoms with Gasteiger partial charge in [0.05, 0.1) is 18.2 Å². The van der Waals surface area contributed by atoms with E-state index in [0.29, 0.717) is 49.0 Å². The summed E-state index contributed by atoms with van der Waals surface area (Å²) < 4.78 is 12.5. The van der Waals surface area contributed by atoms with E-state index in [2.05, 4.69) is 5.32 Å². The number of fused-ring (bicyclic) bond motifs is 3. The number of pyridine rings is 1. The number of amides is 1. The Kier molecular flexibility index (Phi) is 4.71. The van der Waals surface area contributed by atoms with Gasteiger partial charge in [-0.2, -0.15) is 0 Å². The van der Waals surface area contributed by atoms with Crippen molar-refractivity contribution in [3.63, 3.8) is 0 Å². The average molecular weight is 478 g/mol. The van der Waals surface area contributed by atoms with Crippen molar-refractivity contribution in [3.8, 4) is 0 Å². The molecule has 1 amide bonds. The van der Waals surface area contributed by atoms with Crippen molar-refractivity contribution in [1.29, 1.82) is 0 Å². The number of rotatable bonds is 6. The van der Waals surface area contributed by atoms with Crippen LogP contribution in [0.2, 0.25) is 0 Å². The predicted octanol–water partition coefficient (Wildman–Crippen LogP) is 3.79. The van der Waals surface area contributed by atoms with E-state index in [0.717, 1.165) is 35.6 Å². The zero-order valence-corrected chi connectivity index (χ0v) is 20.6. The first-order valence-corrected chi connectivity index (χ1v) is 13.4. The van der Waals surface area contributed by atoms with Crippen molar-refractivity contribution >= 4 is 17.5 Å². The maximum absolute atomic E-state index is 13.4. The number of hydrogen-bond acceptors (Lipinski definition) is 5. The zero-order valence-electron chi connectivity index (χ0n) is 20.6. The minimum absolute atomic E-state index is 0.0334. The maximum atomic E-state index is 13.4. The molecule has 7 nitrogen and oxygen atoms in total. The number of nitrogens with one attached hydrogen (secondary N) is 1. The van der Waals surface area contributed by atoms with Crippen molar-refractivity contribution in [2.24, 2.45) is 34.0 Å². The van der Waals surface area contributed by atoms with Crippen LogP contribution in [0.15, 0.2) is 24.4 Å². The summed E-state index contributed by atoms with van der Waals surface area (Å²) in [5.74, 6) is 2.52. The van der Waals surface area contributed by atoms with Crippen LogP contribution in [0.25, 0.3) is 5.65 Å². The van der Waals surface area contributed by atoms with Crippen LogP contribution < -0.4 is 5.32 Å². The highest BCUT2D eigenvalue weighted by Gasteiger charge is 2.70. The van der Waals surface area contributed by atoms with E-state index in [1.807, 2.05) is 28.8 Å². The van der Waals surface area contributed by atoms with Crippen molar-refractivity contribution in [2.45, 2.75) is 57.8 Å². The number of hydrogen-bond donors (Lipinski definition) is 1. The van der Waals surface area contributed by atoms with Gasteiger partial charge in [-0.3, -0.25) is 14.0 Å². The molecule has 0 radical (unpaired) electrons. The van der Waals surface area contributed by atoms with E-state index in [4.69, 9.17) is 14.5 Å². The fourth-order valence-corrected chi connectivity index (χ4v) is 9.21. The van der Waals surface area contributed by atoms with Crippen LogP contribution in [0.1, 0.15) is 67.5 Å². The van der Waals surface area contributed by atoms with Crippen molar-refractivity contribution < 1.29 is 19.1 Å². The van der Waals surface area contributed by atoms with Crippen LogP contribution in [-0.4, -0.2) is 48.1 Å². The number of aromatic nitrogens is 2. The van der Waals surface area contributed by atoms with Gasteiger partial charge >= 0.3 is 5.97 Å². The molecule has 3 heterocycles. The van der Waals surface area contributed by atoms with Crippen molar-refractivity contribution in [1.82, 2.24) is 14.7 Å². The van der Waals surface area contributed by atoms with Crippen LogP contribution >= 0.6 is 0 Å². The number of ether oxygens (including phenoxy) is 2. The third-order valence-corrected chi connectivity index (χ3v) is 10.6. The molecule has 4 saturated carbocycles. The molecule has 0 aromatic carbocycles. The zero-order chi connectivity index (χ0) is 23.8. The molecule has 1 aliphatic heterocycles. The summed E-state index contributed by atoms with van der Waals surface area (Å²) in [7, 11) is 1.44. The van der Waals surface area contributed by atoms with Gasteiger partial charge in [0.2, 0.25) is 0 Å². The topological polar surface area (TPSA) is 81.9 Å². The first kappa shape index (κ1) is 21.8. The van der Waals surface area contributed by atoms with Gasteiger partial charge in [-0.25, -0.2) is 4.98 Å². The molecule has 2 aromatic rings. The first-order chi connectivity index (χ1) is 16.9. The van der Waals surface area contributed by atoms with Gasteiger partial charge in [0.15, 0.2) is 0 Å². The molecule has 2 aromatic heterocycles. The fourth-order valence-electron chi connectivity index (χ4n) is 9.21. The molecule has 7 rings (SSSR count). The van der Waals surface area contributed by atoms with Gasteiger partial charge in [-0.15, -0.1) is 0 Å². The third kappa shape index (κ3) is 3.16. The van der Waals surface area contributed by atoms with Crippen molar-refractivity contribution in [3.05, 3.63) is 35.8 Å². The molecule has 186 valence electrons. The highest BCUT2D eigenvalue weighted by Crippen LogP contribution is 2.78. The molecule has 35 heavy (non-hydrogen) atoms. The largest absolute Gasteiger partial charge is 0.469 e. The second-order valence-electron chi connectivity index (χ2n) is 12.4. The molecule has 1 spiro atoms. The quantitative estimate of drug-likeness (QED) is 0.640. The summed E-state index contributed by atoms with van der Waals surface area (Å²) in [5, 5.41) is 3.33. The van der Waals surface area contributed by atoms with Crippen LogP contribution in [0.3, 0.4) is 0 Å². The number of imidazole rings is 1. The summed E-state index contributed by atoms with van der Waals surface area (Å²) >= 11 is 0. The van der Waals surface area contributed by atoms with Crippen LogP contribution in [0.4, 0.5) is 0 Å². The summed E-state index contributed by atoms with van der Waals surface area (Å²) in [6.07, 6.45) is 11.9. The predicted molar refractivity (Wildman–Crippen MR) is 129 cm³/mol. The first-order valence-electron chi connectivity index (χ1n) is 13.4. The lowest BCUT2D eigenvalue weighted by molar-refractivity contribution is -0.158. The Bertz CT molecular complexity index is 1200. The van der Waals surface area contributed by atoms with Gasteiger partial charge in [-0.1, -0.05) is 6.07 Å². The monoisotopic (exact) mass is 477 g/mol. The molecule has 1 N–H and O–H groups in total. The Labute approximate surface area is 206 Å². The SMILES string of the molecule is COC(=O)C1(Cc2cn3c(C(=O)NCC45CC6CC7CC(C4)C7(C6)C5)cccc3n2)CCOCC1. The molecule has 5 unspecified atom stereocenters. The van der Waals surface area contributed by atoms with Gasteiger partial charge < -0.3 is 14.8 Å². The fraction of sp³-hybridized carbons (Fsp3) is 0.679. The molecular weight excluding hydrogens is 442 g/mol. The molecule has 5 aliphatic rings. The summed E-state index contributed by atoms with van der Waals surface area (Å²) in [4.78, 5) is 30.9. The average Bonchev–Trinajstić information content (AvgIpc) is 3.42. The lowest BCUT2D eigenvalue weighted by Crippen LogP contribution is -2.43. The molecule has 4 aliphatic carbocycles. The highest BCUT2D eigenvalue weighted by molar-refractivity contribution is 5.93. The molecule has 7 heteroatoms. The van der Waals surface area contributed by atoms with Gasteiger partial charge in [0, 0.05) is 32.4 Å². The summed E-state index contributed by atoms with van der Waals surface area (Å²) in [6, 6.07) is 5.68. The van der Waals surface area contributed by atoms with E-state index in [-0.39, 0.29) is 11.9 Å². The smallest absolute Gasteiger partial charge is 0.312 e. The van der Waals surface area contributed by atoms with Crippen LogP contribution in [0.5, 0.6) is 0 Å². The number of carbonyl (C=O) groups excluding carboxylic acids is 2. The summed E-state index contributed by atoms with van der Waals surface area (Å²) in [5.41, 5.74) is 2.45. The molecule has 3 bridgehead atoms. The number of esters is 1. The molecule has 5 atom stereocenters. The molecule has 1 saturated heterocycles. The van der Waals surface area contributed by atoms with Gasteiger partial charge in [0.25, 0.3) is 5.91 Å². The Morgan fingerprint density at radius 1 is 1.17 bits per heavy atom. The number of nitrogens with zero attached hydrogens (tertiary/aromatic N) is 2. The Morgan fingerprint density at radius 2 is 2.03 bits per heavy atom. The second kappa shape index (κ2) is 7.55. The maximum Gasteiger partial charge on any atom is 0.312 e. The van der Waals surface area contributed by atoms with E-state index < -0.39 is 5.41 Å². The minimum atomic E-state index is -0.619. The Hall–Kier alpha value is -2.41. The Morgan fingerprint density at radius 3 is 2.86 bits per heavy atom. The third-order valence-electron chi connectivity index (χ3n) is 10.6. The van der Waals surface area contributed by atoms with E-state index in [1.165, 1.54) is 45.6 Å². The number of carbonyl (C=O) groups is 2. The van der Waals surface area contributed by atoms with Crippen LogP contribution in [-0.2, 0) is 20.7 Å². The summed E-state index contributed by atoms with van der Waals surface area (Å²) in [6.45, 7) is 1.87. The molecular formula is C28H35N3O4. The lowest BCUT2D eigenvalue weighted by Gasteiger charge is -2.49. The van der Waals surface area contributed by atoms with Gasteiger partial charge in [-0.05, 0) is 92.1 Å². The number of methoxy groups -OCH3 is 1. The molecule has 5 fully saturated rings. The normalized spacial score (nSPS) is 36.1. The Balaban J connectivity index is 1.10.